The highest BCUT2D eigenvalue weighted by Gasteiger charge is 2.17. The molecule has 0 aliphatic rings. The topological polar surface area (TPSA) is 75.7 Å². The summed E-state index contributed by atoms with van der Waals surface area (Å²) in [6, 6.07) is 14.4. The summed E-state index contributed by atoms with van der Waals surface area (Å²) < 4.78 is 30.5. The van der Waals surface area contributed by atoms with Gasteiger partial charge in [-0.2, -0.15) is 0 Å². The first-order chi connectivity index (χ1) is 12.3. The van der Waals surface area contributed by atoms with Crippen LogP contribution < -0.4 is 14.4 Å². The molecule has 0 saturated heterocycles. The Balaban J connectivity index is 1.97. The van der Waals surface area contributed by atoms with Crippen LogP contribution in [0.3, 0.4) is 0 Å². The quantitative estimate of drug-likeness (QED) is 0.766. The predicted octanol–water partition coefficient (Wildman–Crippen LogP) is 2.13. The van der Waals surface area contributed by atoms with E-state index >= 15 is 0 Å². The third-order valence-corrected chi connectivity index (χ3v) is 5.20. The molecule has 0 fully saturated rings. The van der Waals surface area contributed by atoms with Gasteiger partial charge >= 0.3 is 0 Å². The highest BCUT2D eigenvalue weighted by atomic mass is 32.2. The minimum Gasteiger partial charge on any atom is -0.497 e. The highest BCUT2D eigenvalue weighted by molar-refractivity contribution is 7.92. The first-order valence-corrected chi connectivity index (χ1v) is 10.1. The van der Waals surface area contributed by atoms with E-state index in [2.05, 4.69) is 5.32 Å². The SMILES string of the molecule is COc1ccc(N(CCNC(=O)Cc2ccccc2C)S(C)(=O)=O)cc1. The third kappa shape index (κ3) is 5.49. The Morgan fingerprint density at radius 2 is 1.77 bits per heavy atom. The molecule has 1 amide bonds. The van der Waals surface area contributed by atoms with E-state index in [1.807, 2.05) is 31.2 Å². The summed E-state index contributed by atoms with van der Waals surface area (Å²) in [7, 11) is -1.91. The number of anilines is 1. The average Bonchev–Trinajstić information content (AvgIpc) is 2.60. The molecule has 7 heteroatoms. The second-order valence-corrected chi connectivity index (χ2v) is 7.89. The van der Waals surface area contributed by atoms with Crippen molar-refractivity contribution in [3.05, 3.63) is 59.7 Å². The first-order valence-electron chi connectivity index (χ1n) is 8.24. The van der Waals surface area contributed by atoms with Crippen LogP contribution >= 0.6 is 0 Å². The molecule has 0 bridgehead atoms. The van der Waals surface area contributed by atoms with Crippen LogP contribution in [0.1, 0.15) is 11.1 Å². The molecule has 0 heterocycles. The summed E-state index contributed by atoms with van der Waals surface area (Å²) in [5.74, 6) is 0.510. The van der Waals surface area contributed by atoms with Crippen molar-refractivity contribution < 1.29 is 17.9 Å². The maximum atomic E-state index is 12.1. The van der Waals surface area contributed by atoms with Crippen LogP contribution in [-0.2, 0) is 21.2 Å². The van der Waals surface area contributed by atoms with E-state index in [1.54, 1.807) is 31.4 Å². The Morgan fingerprint density at radius 3 is 2.35 bits per heavy atom. The van der Waals surface area contributed by atoms with E-state index in [0.717, 1.165) is 17.4 Å². The number of nitrogens with zero attached hydrogens (tertiary/aromatic N) is 1. The Labute approximate surface area is 154 Å². The van der Waals surface area contributed by atoms with Crippen molar-refractivity contribution in [2.24, 2.45) is 0 Å². The van der Waals surface area contributed by atoms with Gasteiger partial charge in [0, 0.05) is 6.54 Å². The minimum atomic E-state index is -3.46. The van der Waals surface area contributed by atoms with Gasteiger partial charge in [0.05, 0.1) is 32.0 Å². The monoisotopic (exact) mass is 376 g/mol. The maximum absolute atomic E-state index is 12.1. The van der Waals surface area contributed by atoms with Gasteiger partial charge in [-0.3, -0.25) is 9.10 Å². The molecule has 140 valence electrons. The molecule has 0 spiro atoms. The number of hydrogen-bond donors (Lipinski definition) is 1. The Kier molecular flexibility index (Phi) is 6.63. The van der Waals surface area contributed by atoms with E-state index in [1.165, 1.54) is 4.31 Å². The zero-order chi connectivity index (χ0) is 19.2. The van der Waals surface area contributed by atoms with Gasteiger partial charge in [0.1, 0.15) is 5.75 Å². The van der Waals surface area contributed by atoms with Gasteiger partial charge < -0.3 is 10.1 Å². The molecule has 6 nitrogen and oxygen atoms in total. The van der Waals surface area contributed by atoms with Crippen molar-refractivity contribution in [3.8, 4) is 5.75 Å². The zero-order valence-corrected chi connectivity index (χ0v) is 16.0. The number of carbonyl (C=O) groups excluding carboxylic acids is 1. The molecular weight excluding hydrogens is 352 g/mol. The standard InChI is InChI=1S/C19H24N2O4S/c1-15-6-4-5-7-16(15)14-19(22)20-12-13-21(26(3,23)24)17-8-10-18(25-2)11-9-17/h4-11H,12-14H2,1-3H3,(H,20,22). The molecule has 2 aromatic rings. The van der Waals surface area contributed by atoms with E-state index in [4.69, 9.17) is 4.74 Å². The van der Waals surface area contributed by atoms with Gasteiger partial charge in [-0.1, -0.05) is 24.3 Å². The minimum absolute atomic E-state index is 0.137. The second kappa shape index (κ2) is 8.71. The Bertz CT molecular complexity index is 848. The van der Waals surface area contributed by atoms with E-state index in [9.17, 15) is 13.2 Å². The Hall–Kier alpha value is -2.54. The summed E-state index contributed by atoms with van der Waals surface area (Å²) in [6.45, 7) is 2.34. The number of methoxy groups -OCH3 is 1. The Morgan fingerprint density at radius 1 is 1.12 bits per heavy atom. The zero-order valence-electron chi connectivity index (χ0n) is 15.2. The molecular formula is C19H24N2O4S. The molecule has 26 heavy (non-hydrogen) atoms. The summed E-state index contributed by atoms with van der Waals surface area (Å²) in [6.07, 6.45) is 1.42. The fourth-order valence-electron chi connectivity index (χ4n) is 2.58. The lowest BCUT2D eigenvalue weighted by atomic mass is 10.1. The molecule has 0 atom stereocenters. The molecule has 2 rings (SSSR count). The molecule has 0 radical (unpaired) electrons. The van der Waals surface area contributed by atoms with Crippen molar-refractivity contribution in [2.75, 3.05) is 30.8 Å². The number of ether oxygens (including phenoxy) is 1. The lowest BCUT2D eigenvalue weighted by molar-refractivity contribution is -0.120. The van der Waals surface area contributed by atoms with Crippen LogP contribution in [0.4, 0.5) is 5.69 Å². The van der Waals surface area contributed by atoms with Gasteiger partial charge in [0.15, 0.2) is 0 Å². The van der Waals surface area contributed by atoms with Crippen molar-refractivity contribution in [1.29, 1.82) is 0 Å². The highest BCUT2D eigenvalue weighted by Crippen LogP contribution is 2.21. The summed E-state index contributed by atoms with van der Waals surface area (Å²) >= 11 is 0. The number of amides is 1. The molecule has 2 aromatic carbocycles. The average molecular weight is 376 g/mol. The smallest absolute Gasteiger partial charge is 0.232 e. The third-order valence-electron chi connectivity index (χ3n) is 4.01. The van der Waals surface area contributed by atoms with Gasteiger partial charge in [-0.25, -0.2) is 8.42 Å². The number of sulfonamides is 1. The maximum Gasteiger partial charge on any atom is 0.232 e. The lowest BCUT2D eigenvalue weighted by Crippen LogP contribution is -2.38. The lowest BCUT2D eigenvalue weighted by Gasteiger charge is -2.22. The molecule has 0 saturated carbocycles. The summed E-state index contributed by atoms with van der Waals surface area (Å²) in [5, 5.41) is 2.78. The largest absolute Gasteiger partial charge is 0.497 e. The summed E-state index contributed by atoms with van der Waals surface area (Å²) in [4.78, 5) is 12.1. The van der Waals surface area contributed by atoms with E-state index in [0.29, 0.717) is 11.4 Å². The first kappa shape index (κ1) is 19.8. The van der Waals surface area contributed by atoms with Crippen LogP contribution in [0, 0.1) is 6.92 Å². The molecule has 0 unspecified atom stereocenters. The van der Waals surface area contributed by atoms with E-state index in [-0.39, 0.29) is 25.4 Å². The van der Waals surface area contributed by atoms with E-state index < -0.39 is 10.0 Å². The van der Waals surface area contributed by atoms with Crippen molar-refractivity contribution in [1.82, 2.24) is 5.32 Å². The van der Waals surface area contributed by atoms with Gasteiger partial charge in [-0.05, 0) is 42.3 Å². The van der Waals surface area contributed by atoms with Gasteiger partial charge in [0.2, 0.25) is 15.9 Å². The van der Waals surface area contributed by atoms with Crippen LogP contribution in [0.2, 0.25) is 0 Å². The number of hydrogen-bond acceptors (Lipinski definition) is 4. The normalized spacial score (nSPS) is 11.0. The predicted molar refractivity (Wildman–Crippen MR) is 103 cm³/mol. The van der Waals surface area contributed by atoms with Gasteiger partial charge in [-0.15, -0.1) is 0 Å². The van der Waals surface area contributed by atoms with Crippen LogP contribution in [0.15, 0.2) is 48.5 Å². The molecule has 1 N–H and O–H groups in total. The number of rotatable bonds is 8. The molecule has 0 aliphatic carbocycles. The number of nitrogens with one attached hydrogen (secondary N) is 1. The second-order valence-electron chi connectivity index (χ2n) is 5.99. The van der Waals surface area contributed by atoms with Crippen molar-refractivity contribution >= 4 is 21.6 Å². The fourth-order valence-corrected chi connectivity index (χ4v) is 3.50. The van der Waals surface area contributed by atoms with Crippen molar-refractivity contribution in [2.45, 2.75) is 13.3 Å². The number of carbonyl (C=O) groups is 1. The van der Waals surface area contributed by atoms with Crippen molar-refractivity contribution in [3.63, 3.8) is 0 Å². The number of aryl methyl sites for hydroxylation is 1. The summed E-state index contributed by atoms with van der Waals surface area (Å²) in [5.41, 5.74) is 2.54. The van der Waals surface area contributed by atoms with Crippen LogP contribution in [-0.4, -0.2) is 40.8 Å². The van der Waals surface area contributed by atoms with Crippen LogP contribution in [0.5, 0.6) is 5.75 Å². The van der Waals surface area contributed by atoms with Gasteiger partial charge in [0.25, 0.3) is 0 Å². The molecule has 0 aliphatic heterocycles. The fraction of sp³-hybridized carbons (Fsp3) is 0.316. The van der Waals surface area contributed by atoms with Crippen LogP contribution in [0.25, 0.3) is 0 Å². The molecule has 0 aromatic heterocycles. The number of benzene rings is 2.